The van der Waals surface area contributed by atoms with Gasteiger partial charge in [-0.05, 0) is 42.6 Å². The molecule has 6 nitrogen and oxygen atoms in total. The zero-order valence-corrected chi connectivity index (χ0v) is 13.4. The highest BCUT2D eigenvalue weighted by Crippen LogP contribution is 2.23. The van der Waals surface area contributed by atoms with E-state index in [1.54, 1.807) is 24.3 Å². The fourth-order valence-corrected chi connectivity index (χ4v) is 2.28. The molecule has 1 fully saturated rings. The van der Waals surface area contributed by atoms with Crippen LogP contribution in [0.25, 0.3) is 0 Å². The Bertz CT molecular complexity index is 641. The minimum Gasteiger partial charge on any atom is -0.352 e. The maximum Gasteiger partial charge on any atom is 0.270 e. The van der Waals surface area contributed by atoms with Crippen molar-refractivity contribution >= 4 is 46.4 Å². The van der Waals surface area contributed by atoms with Gasteiger partial charge in [-0.25, -0.2) is 0 Å². The van der Waals surface area contributed by atoms with Gasteiger partial charge in [0.1, 0.15) is 5.57 Å². The molecule has 0 unspecified atom stereocenters. The summed E-state index contributed by atoms with van der Waals surface area (Å²) in [6, 6.07) is 6.51. The standard InChI is InChI=1S/C14H13ClN2O4S/c1-20-11(21-2)7-10-12(18)16-14(22)17(13(10)19)9-5-3-8(15)4-6-9/h3-7,11H,1-2H3,(H,16,18,22)/b10-7+. The van der Waals surface area contributed by atoms with Crippen molar-refractivity contribution in [2.45, 2.75) is 6.29 Å². The third-order valence-electron chi connectivity index (χ3n) is 2.95. The Labute approximate surface area is 137 Å². The number of nitrogens with zero attached hydrogens (tertiary/aromatic N) is 1. The predicted molar refractivity (Wildman–Crippen MR) is 85.6 cm³/mol. The van der Waals surface area contributed by atoms with Crippen LogP contribution in [0.2, 0.25) is 5.02 Å². The fraction of sp³-hybridized carbons (Fsp3) is 0.214. The third-order valence-corrected chi connectivity index (χ3v) is 3.49. The Morgan fingerprint density at radius 1 is 1.23 bits per heavy atom. The molecule has 116 valence electrons. The van der Waals surface area contributed by atoms with Crippen LogP contribution in [-0.2, 0) is 19.1 Å². The van der Waals surface area contributed by atoms with E-state index in [4.69, 9.17) is 33.3 Å². The number of methoxy groups -OCH3 is 2. The summed E-state index contributed by atoms with van der Waals surface area (Å²) in [6.45, 7) is 0. The van der Waals surface area contributed by atoms with E-state index >= 15 is 0 Å². The number of ether oxygens (including phenoxy) is 2. The topological polar surface area (TPSA) is 67.9 Å². The minimum atomic E-state index is -0.816. The van der Waals surface area contributed by atoms with E-state index in [0.29, 0.717) is 10.7 Å². The minimum absolute atomic E-state index is 0.000793. The summed E-state index contributed by atoms with van der Waals surface area (Å²) in [7, 11) is 2.80. The van der Waals surface area contributed by atoms with Crippen LogP contribution in [0.1, 0.15) is 0 Å². The van der Waals surface area contributed by atoms with E-state index in [1.165, 1.54) is 25.2 Å². The molecule has 1 aliphatic rings. The number of rotatable bonds is 4. The Balaban J connectivity index is 2.39. The molecule has 0 radical (unpaired) electrons. The van der Waals surface area contributed by atoms with Crippen molar-refractivity contribution in [3.05, 3.63) is 40.9 Å². The number of anilines is 1. The molecule has 0 saturated carbocycles. The van der Waals surface area contributed by atoms with Crippen LogP contribution in [-0.4, -0.2) is 37.4 Å². The molecule has 1 aromatic carbocycles. The van der Waals surface area contributed by atoms with Crippen LogP contribution in [0.15, 0.2) is 35.9 Å². The van der Waals surface area contributed by atoms with Crippen LogP contribution < -0.4 is 10.2 Å². The number of nitrogens with one attached hydrogen (secondary N) is 1. The Morgan fingerprint density at radius 2 is 1.82 bits per heavy atom. The van der Waals surface area contributed by atoms with Crippen molar-refractivity contribution in [2.75, 3.05) is 19.1 Å². The van der Waals surface area contributed by atoms with Gasteiger partial charge in [-0.1, -0.05) is 11.6 Å². The van der Waals surface area contributed by atoms with Gasteiger partial charge in [-0.15, -0.1) is 0 Å². The van der Waals surface area contributed by atoms with E-state index in [1.807, 2.05) is 0 Å². The molecule has 0 aliphatic carbocycles. The molecule has 0 aromatic heterocycles. The second kappa shape index (κ2) is 6.97. The van der Waals surface area contributed by atoms with Gasteiger partial charge >= 0.3 is 0 Å². The molecule has 22 heavy (non-hydrogen) atoms. The van der Waals surface area contributed by atoms with Crippen LogP contribution in [0.3, 0.4) is 0 Å². The molecule has 2 rings (SSSR count). The zero-order chi connectivity index (χ0) is 16.3. The van der Waals surface area contributed by atoms with Gasteiger partial charge in [0, 0.05) is 19.2 Å². The van der Waals surface area contributed by atoms with E-state index in [2.05, 4.69) is 5.32 Å². The number of carbonyl (C=O) groups excluding carboxylic acids is 2. The van der Waals surface area contributed by atoms with Crippen LogP contribution >= 0.6 is 23.8 Å². The molecule has 1 N–H and O–H groups in total. The lowest BCUT2D eigenvalue weighted by atomic mass is 10.1. The summed E-state index contributed by atoms with van der Waals surface area (Å²) in [6.07, 6.45) is 0.478. The number of halogens is 1. The first-order valence-electron chi connectivity index (χ1n) is 6.20. The van der Waals surface area contributed by atoms with Crippen molar-refractivity contribution in [1.82, 2.24) is 5.32 Å². The first-order chi connectivity index (χ1) is 10.5. The van der Waals surface area contributed by atoms with Crippen molar-refractivity contribution in [1.29, 1.82) is 0 Å². The van der Waals surface area contributed by atoms with Gasteiger partial charge in [0.25, 0.3) is 11.8 Å². The lowest BCUT2D eigenvalue weighted by Gasteiger charge is -2.29. The molecule has 0 spiro atoms. The largest absolute Gasteiger partial charge is 0.352 e. The normalized spacial score (nSPS) is 17.4. The molecule has 0 bridgehead atoms. The van der Waals surface area contributed by atoms with Crippen molar-refractivity contribution < 1.29 is 19.1 Å². The van der Waals surface area contributed by atoms with Gasteiger partial charge in [-0.2, -0.15) is 0 Å². The molecule has 1 saturated heterocycles. The average Bonchev–Trinajstić information content (AvgIpc) is 2.49. The van der Waals surface area contributed by atoms with E-state index in [9.17, 15) is 9.59 Å². The SMILES string of the molecule is COC(/C=C1\C(=O)NC(=S)N(c2ccc(Cl)cc2)C1=O)OC. The molecule has 1 heterocycles. The van der Waals surface area contributed by atoms with Crippen molar-refractivity contribution in [3.63, 3.8) is 0 Å². The molecule has 1 aliphatic heterocycles. The number of hydrogen-bond donors (Lipinski definition) is 1. The number of amides is 2. The van der Waals surface area contributed by atoms with Crippen LogP contribution in [0.5, 0.6) is 0 Å². The number of hydrogen-bond acceptors (Lipinski definition) is 5. The highest BCUT2D eigenvalue weighted by molar-refractivity contribution is 7.80. The number of thiocarbonyl (C=S) groups is 1. The van der Waals surface area contributed by atoms with Crippen molar-refractivity contribution in [3.8, 4) is 0 Å². The van der Waals surface area contributed by atoms with E-state index in [-0.39, 0.29) is 10.7 Å². The van der Waals surface area contributed by atoms with Gasteiger partial charge < -0.3 is 9.47 Å². The van der Waals surface area contributed by atoms with Crippen LogP contribution in [0.4, 0.5) is 5.69 Å². The highest BCUT2D eigenvalue weighted by Gasteiger charge is 2.35. The van der Waals surface area contributed by atoms with Gasteiger partial charge in [0.2, 0.25) is 0 Å². The summed E-state index contributed by atoms with van der Waals surface area (Å²) in [5.41, 5.74) is 0.383. The summed E-state index contributed by atoms with van der Waals surface area (Å²) < 4.78 is 9.97. The molecule has 0 atom stereocenters. The lowest BCUT2D eigenvalue weighted by molar-refractivity contribution is -0.123. The third kappa shape index (κ3) is 3.33. The lowest BCUT2D eigenvalue weighted by Crippen LogP contribution is -2.54. The second-order valence-corrected chi connectivity index (χ2v) is 5.12. The van der Waals surface area contributed by atoms with Gasteiger partial charge in [-0.3, -0.25) is 19.8 Å². The van der Waals surface area contributed by atoms with E-state index in [0.717, 1.165) is 0 Å². The van der Waals surface area contributed by atoms with Gasteiger partial charge in [0.05, 0.1) is 5.69 Å². The maximum absolute atomic E-state index is 12.6. The summed E-state index contributed by atoms with van der Waals surface area (Å²) in [5.74, 6) is -1.16. The van der Waals surface area contributed by atoms with Crippen molar-refractivity contribution in [2.24, 2.45) is 0 Å². The molecular weight excluding hydrogens is 328 g/mol. The number of carbonyl (C=O) groups is 2. The predicted octanol–water partition coefficient (Wildman–Crippen LogP) is 1.63. The molecule has 2 amide bonds. The maximum atomic E-state index is 12.6. The Kier molecular flexibility index (Phi) is 5.25. The average molecular weight is 341 g/mol. The second-order valence-electron chi connectivity index (χ2n) is 4.30. The quantitative estimate of drug-likeness (QED) is 0.390. The first-order valence-corrected chi connectivity index (χ1v) is 6.99. The Morgan fingerprint density at radius 3 is 2.36 bits per heavy atom. The van der Waals surface area contributed by atoms with Gasteiger partial charge in [0.15, 0.2) is 11.4 Å². The highest BCUT2D eigenvalue weighted by atomic mass is 35.5. The monoisotopic (exact) mass is 340 g/mol. The molecule has 8 heteroatoms. The van der Waals surface area contributed by atoms with Crippen LogP contribution in [0, 0.1) is 0 Å². The summed E-state index contributed by atoms with van der Waals surface area (Å²) >= 11 is 10.9. The zero-order valence-electron chi connectivity index (χ0n) is 11.8. The molecular formula is C14H13ClN2O4S. The first kappa shape index (κ1) is 16.6. The Hall–Kier alpha value is -1.80. The summed E-state index contributed by atoms with van der Waals surface area (Å²) in [5, 5.41) is 2.99. The van der Waals surface area contributed by atoms with E-state index < -0.39 is 18.1 Å². The summed E-state index contributed by atoms with van der Waals surface area (Å²) in [4.78, 5) is 25.7. The molecule has 1 aromatic rings. The number of benzene rings is 1. The smallest absolute Gasteiger partial charge is 0.270 e. The fourth-order valence-electron chi connectivity index (χ4n) is 1.87.